The van der Waals surface area contributed by atoms with Crippen LogP contribution in [0.5, 0.6) is 0 Å². The van der Waals surface area contributed by atoms with Gasteiger partial charge in [-0.15, -0.1) is 0 Å². The van der Waals surface area contributed by atoms with Crippen molar-refractivity contribution >= 4 is 21.8 Å². The first kappa shape index (κ1) is 14.8. The molecule has 0 aromatic carbocycles. The molecule has 1 atom stereocenters. The van der Waals surface area contributed by atoms with E-state index in [-0.39, 0.29) is 5.41 Å². The normalized spacial score (nSPS) is 39.8. The Morgan fingerprint density at radius 1 is 1.25 bits per heavy atom. The van der Waals surface area contributed by atoms with Gasteiger partial charge in [-0.05, 0) is 62.7 Å². The van der Waals surface area contributed by atoms with Crippen LogP contribution in [0.15, 0.2) is 0 Å². The average molecular weight is 344 g/mol. The fourth-order valence-corrected chi connectivity index (χ4v) is 5.68. The number of carbonyl (C=O) groups excluding carboxylic acids is 1. The summed E-state index contributed by atoms with van der Waals surface area (Å²) in [5, 5.41) is 3.20. The van der Waals surface area contributed by atoms with E-state index in [0.29, 0.717) is 17.3 Å². The predicted molar refractivity (Wildman–Crippen MR) is 82.8 cm³/mol. The zero-order valence-corrected chi connectivity index (χ0v) is 14.0. The molecule has 114 valence electrons. The van der Waals surface area contributed by atoms with E-state index in [4.69, 9.17) is 4.74 Å². The minimum atomic E-state index is -0.00217. The Hall–Kier alpha value is -0.0900. The van der Waals surface area contributed by atoms with Crippen molar-refractivity contribution in [2.24, 2.45) is 23.2 Å². The van der Waals surface area contributed by atoms with Crippen molar-refractivity contribution in [2.75, 3.05) is 20.3 Å². The Bertz CT molecular complexity index is 336. The van der Waals surface area contributed by atoms with Gasteiger partial charge in [0.15, 0.2) is 0 Å². The highest BCUT2D eigenvalue weighted by molar-refractivity contribution is 9.09. The van der Waals surface area contributed by atoms with E-state index >= 15 is 0 Å². The molecule has 4 aliphatic rings. The van der Waals surface area contributed by atoms with Gasteiger partial charge < -0.3 is 10.1 Å². The van der Waals surface area contributed by atoms with E-state index in [1.54, 1.807) is 7.11 Å². The zero-order chi connectivity index (χ0) is 14.2. The van der Waals surface area contributed by atoms with Crippen molar-refractivity contribution in [1.82, 2.24) is 5.32 Å². The number of amides is 1. The van der Waals surface area contributed by atoms with E-state index in [1.165, 1.54) is 19.3 Å². The van der Waals surface area contributed by atoms with Crippen LogP contribution < -0.4 is 5.32 Å². The number of hydrogen-bond donors (Lipinski definition) is 1. The monoisotopic (exact) mass is 343 g/mol. The molecule has 4 aliphatic carbocycles. The van der Waals surface area contributed by atoms with E-state index in [2.05, 4.69) is 21.2 Å². The lowest BCUT2D eigenvalue weighted by atomic mass is 9.49. The SMILES string of the molecule is COCC(Br)CCNC(=O)C12CC3CC(CC(C3)C1)C2. The van der Waals surface area contributed by atoms with Crippen molar-refractivity contribution < 1.29 is 9.53 Å². The molecule has 4 bridgehead atoms. The number of methoxy groups -OCH3 is 1. The molecule has 0 aliphatic heterocycles. The Labute approximate surface area is 130 Å². The van der Waals surface area contributed by atoms with E-state index in [0.717, 1.165) is 50.0 Å². The number of halogens is 1. The average Bonchev–Trinajstić information content (AvgIpc) is 2.37. The summed E-state index contributed by atoms with van der Waals surface area (Å²) in [4.78, 5) is 13.0. The van der Waals surface area contributed by atoms with Crippen LogP contribution in [0.4, 0.5) is 0 Å². The molecule has 3 nitrogen and oxygen atoms in total. The molecule has 4 rings (SSSR count). The van der Waals surface area contributed by atoms with Crippen LogP contribution in [0, 0.1) is 23.2 Å². The molecule has 4 heteroatoms. The predicted octanol–water partition coefficient (Wildman–Crippen LogP) is 3.12. The standard InChI is InChI=1S/C16H26BrNO2/c1-20-10-14(17)2-3-18-15(19)16-7-11-4-12(8-16)6-13(5-11)9-16/h11-14H,2-10H2,1H3,(H,18,19). The summed E-state index contributed by atoms with van der Waals surface area (Å²) >= 11 is 3.58. The van der Waals surface area contributed by atoms with Crippen molar-refractivity contribution in [3.05, 3.63) is 0 Å². The lowest BCUT2D eigenvalue weighted by molar-refractivity contribution is -0.146. The quantitative estimate of drug-likeness (QED) is 0.752. The first-order valence-electron chi connectivity index (χ1n) is 8.02. The van der Waals surface area contributed by atoms with Gasteiger partial charge in [-0.3, -0.25) is 4.79 Å². The van der Waals surface area contributed by atoms with Crippen molar-refractivity contribution in [2.45, 2.75) is 49.8 Å². The largest absolute Gasteiger partial charge is 0.384 e. The van der Waals surface area contributed by atoms with Crippen LogP contribution in [-0.2, 0) is 9.53 Å². The second-order valence-corrected chi connectivity index (χ2v) is 8.59. The molecule has 4 saturated carbocycles. The minimum Gasteiger partial charge on any atom is -0.384 e. The molecular formula is C16H26BrNO2. The first-order valence-corrected chi connectivity index (χ1v) is 8.94. The Kier molecular flexibility index (Phi) is 4.42. The Morgan fingerprint density at radius 2 is 1.80 bits per heavy atom. The third-order valence-electron chi connectivity index (χ3n) is 5.61. The number of ether oxygens (including phenoxy) is 1. The summed E-state index contributed by atoms with van der Waals surface area (Å²) < 4.78 is 5.10. The van der Waals surface area contributed by atoms with E-state index in [9.17, 15) is 4.79 Å². The lowest BCUT2D eigenvalue weighted by Crippen LogP contribution is -2.53. The summed E-state index contributed by atoms with van der Waals surface area (Å²) in [5.74, 6) is 2.85. The fourth-order valence-electron chi connectivity index (χ4n) is 5.18. The van der Waals surface area contributed by atoms with Crippen LogP contribution in [-0.4, -0.2) is 31.0 Å². The van der Waals surface area contributed by atoms with Crippen LogP contribution >= 0.6 is 15.9 Å². The molecule has 0 saturated heterocycles. The topological polar surface area (TPSA) is 38.3 Å². The maximum absolute atomic E-state index is 12.7. The van der Waals surface area contributed by atoms with Gasteiger partial charge in [-0.25, -0.2) is 0 Å². The third kappa shape index (κ3) is 2.92. The maximum Gasteiger partial charge on any atom is 0.226 e. The fraction of sp³-hybridized carbons (Fsp3) is 0.938. The van der Waals surface area contributed by atoms with Crippen molar-refractivity contribution in [3.63, 3.8) is 0 Å². The second-order valence-electron chi connectivity index (χ2n) is 7.30. The van der Waals surface area contributed by atoms with Gasteiger partial charge >= 0.3 is 0 Å². The molecule has 0 radical (unpaired) electrons. The Morgan fingerprint density at radius 3 is 2.30 bits per heavy atom. The first-order chi connectivity index (χ1) is 9.61. The number of nitrogens with one attached hydrogen (secondary N) is 1. The van der Waals surface area contributed by atoms with Gasteiger partial charge in [-0.2, -0.15) is 0 Å². The highest BCUT2D eigenvalue weighted by Gasteiger charge is 2.54. The lowest BCUT2D eigenvalue weighted by Gasteiger charge is -2.55. The second kappa shape index (κ2) is 5.96. The molecule has 1 N–H and O–H groups in total. The summed E-state index contributed by atoms with van der Waals surface area (Å²) in [5.41, 5.74) is -0.00217. The molecule has 0 aromatic heterocycles. The number of rotatable bonds is 6. The number of hydrogen-bond acceptors (Lipinski definition) is 2. The number of alkyl halides is 1. The van der Waals surface area contributed by atoms with Gasteiger partial charge in [-0.1, -0.05) is 15.9 Å². The molecule has 20 heavy (non-hydrogen) atoms. The minimum absolute atomic E-state index is 0.00217. The molecular weight excluding hydrogens is 318 g/mol. The summed E-state index contributed by atoms with van der Waals surface area (Å²) in [6.45, 7) is 1.47. The van der Waals surface area contributed by atoms with Gasteiger partial charge in [0.25, 0.3) is 0 Å². The molecule has 1 amide bonds. The van der Waals surface area contributed by atoms with Gasteiger partial charge in [0, 0.05) is 23.9 Å². The number of carbonyl (C=O) groups is 1. The third-order valence-corrected chi connectivity index (χ3v) is 6.33. The zero-order valence-electron chi connectivity index (χ0n) is 12.4. The molecule has 1 unspecified atom stereocenters. The summed E-state index contributed by atoms with van der Waals surface area (Å²) in [6, 6.07) is 0. The van der Waals surface area contributed by atoms with Crippen molar-refractivity contribution in [1.29, 1.82) is 0 Å². The summed E-state index contributed by atoms with van der Waals surface area (Å²) in [7, 11) is 1.71. The maximum atomic E-state index is 12.7. The van der Waals surface area contributed by atoms with E-state index in [1.807, 2.05) is 0 Å². The van der Waals surface area contributed by atoms with Gasteiger partial charge in [0.2, 0.25) is 5.91 Å². The van der Waals surface area contributed by atoms with Crippen LogP contribution in [0.2, 0.25) is 0 Å². The van der Waals surface area contributed by atoms with E-state index < -0.39 is 0 Å². The van der Waals surface area contributed by atoms with Crippen LogP contribution in [0.3, 0.4) is 0 Å². The van der Waals surface area contributed by atoms with Gasteiger partial charge in [0.05, 0.1) is 6.61 Å². The highest BCUT2D eigenvalue weighted by Crippen LogP contribution is 2.60. The molecule has 0 spiro atoms. The van der Waals surface area contributed by atoms with Crippen molar-refractivity contribution in [3.8, 4) is 0 Å². The highest BCUT2D eigenvalue weighted by atomic mass is 79.9. The smallest absolute Gasteiger partial charge is 0.226 e. The molecule has 0 aromatic rings. The molecule has 4 fully saturated rings. The van der Waals surface area contributed by atoms with Crippen LogP contribution in [0.1, 0.15) is 44.9 Å². The molecule has 0 heterocycles. The van der Waals surface area contributed by atoms with Gasteiger partial charge in [0.1, 0.15) is 0 Å². The summed E-state index contributed by atoms with van der Waals surface area (Å²) in [6.07, 6.45) is 8.57. The van der Waals surface area contributed by atoms with Crippen LogP contribution in [0.25, 0.3) is 0 Å². The Balaban J connectivity index is 1.52.